The largest absolute Gasteiger partial charge is 0.482 e. The van der Waals surface area contributed by atoms with Crippen LogP contribution in [0.4, 0.5) is 13.2 Å². The number of hydrogen-bond donors (Lipinski definition) is 1. The summed E-state index contributed by atoms with van der Waals surface area (Å²) in [6.45, 7) is 1.08. The van der Waals surface area contributed by atoms with Gasteiger partial charge in [-0.3, -0.25) is 4.79 Å². The number of alkyl halides is 2. The maximum atomic E-state index is 13.4. The number of nitrogens with zero attached hydrogens (tertiary/aromatic N) is 4. The van der Waals surface area contributed by atoms with Crippen LogP contribution in [-0.2, 0) is 0 Å². The van der Waals surface area contributed by atoms with Crippen LogP contribution in [0.25, 0.3) is 5.65 Å². The quantitative estimate of drug-likeness (QED) is 0.566. The molecule has 0 aliphatic carbocycles. The molecule has 0 radical (unpaired) electrons. The van der Waals surface area contributed by atoms with Crippen LogP contribution in [0.3, 0.4) is 0 Å². The molecule has 0 saturated carbocycles. The summed E-state index contributed by atoms with van der Waals surface area (Å²) < 4.78 is 50.1. The van der Waals surface area contributed by atoms with Gasteiger partial charge < -0.3 is 14.8 Å². The van der Waals surface area contributed by atoms with Crippen LogP contribution in [0.15, 0.2) is 30.6 Å². The molecule has 3 aromatic heterocycles. The molecule has 4 rings (SSSR count). The standard InChI is InChI=1S/C20H20F3N5O3S/c1-20(4-6-32-7-5-20)26-18(29)13-10-28-16(25-13)2-3-17(27-28)31-19-14(30-11-15(22)23)8-12(21)9-24-19/h2-3,8-10,15H,4-7,11H2,1H3,(H,26,29). The van der Waals surface area contributed by atoms with Crippen molar-refractivity contribution in [2.75, 3.05) is 18.1 Å². The highest BCUT2D eigenvalue weighted by Crippen LogP contribution is 2.30. The third-order valence-electron chi connectivity index (χ3n) is 4.89. The molecule has 0 bridgehead atoms. The predicted octanol–water partition coefficient (Wildman–Crippen LogP) is 3.72. The molecular formula is C20H20F3N5O3S. The van der Waals surface area contributed by atoms with Gasteiger partial charge in [-0.25, -0.2) is 27.7 Å². The van der Waals surface area contributed by atoms with Gasteiger partial charge in [0.25, 0.3) is 18.2 Å². The van der Waals surface area contributed by atoms with E-state index in [1.807, 2.05) is 18.7 Å². The molecule has 1 aliphatic rings. The molecule has 0 unspecified atom stereocenters. The van der Waals surface area contributed by atoms with Gasteiger partial charge in [0, 0.05) is 17.7 Å². The topological polar surface area (TPSA) is 90.6 Å². The number of rotatable bonds is 7. The highest BCUT2D eigenvalue weighted by Gasteiger charge is 2.29. The molecule has 170 valence electrons. The molecule has 12 heteroatoms. The maximum absolute atomic E-state index is 13.4. The minimum absolute atomic E-state index is 0.0270. The number of fused-ring (bicyclic) bond motifs is 1. The number of ether oxygens (including phenoxy) is 2. The van der Waals surface area contributed by atoms with E-state index in [-0.39, 0.29) is 34.6 Å². The van der Waals surface area contributed by atoms with Gasteiger partial charge >= 0.3 is 0 Å². The fourth-order valence-electron chi connectivity index (χ4n) is 3.15. The fraction of sp³-hybridized carbons (Fsp3) is 0.400. The number of pyridine rings is 1. The third kappa shape index (κ3) is 5.23. The van der Waals surface area contributed by atoms with E-state index in [1.54, 1.807) is 6.07 Å². The van der Waals surface area contributed by atoms with Gasteiger partial charge in [-0.2, -0.15) is 11.8 Å². The molecule has 3 aromatic rings. The van der Waals surface area contributed by atoms with Gasteiger partial charge in [-0.05, 0) is 37.3 Å². The van der Waals surface area contributed by atoms with Crippen LogP contribution in [-0.4, -0.2) is 55.6 Å². The molecule has 1 saturated heterocycles. The minimum atomic E-state index is -2.74. The fourth-order valence-corrected chi connectivity index (χ4v) is 4.55. The molecule has 4 heterocycles. The van der Waals surface area contributed by atoms with Gasteiger partial charge in [0.2, 0.25) is 5.88 Å². The summed E-state index contributed by atoms with van der Waals surface area (Å²) in [7, 11) is 0. The van der Waals surface area contributed by atoms with E-state index < -0.39 is 18.8 Å². The highest BCUT2D eigenvalue weighted by atomic mass is 32.2. The number of nitrogens with one attached hydrogen (secondary N) is 1. The lowest BCUT2D eigenvalue weighted by Crippen LogP contribution is -2.48. The third-order valence-corrected chi connectivity index (χ3v) is 5.88. The first-order valence-electron chi connectivity index (χ1n) is 9.82. The number of imidazole rings is 1. The summed E-state index contributed by atoms with van der Waals surface area (Å²) in [6.07, 6.45) is 1.35. The van der Waals surface area contributed by atoms with E-state index in [1.165, 1.54) is 16.8 Å². The van der Waals surface area contributed by atoms with Crippen LogP contribution in [0.2, 0.25) is 0 Å². The number of halogens is 3. The van der Waals surface area contributed by atoms with Crippen molar-refractivity contribution in [2.45, 2.75) is 31.7 Å². The van der Waals surface area contributed by atoms with Crippen LogP contribution in [0, 0.1) is 5.82 Å². The van der Waals surface area contributed by atoms with Gasteiger partial charge in [-0.15, -0.1) is 5.10 Å². The van der Waals surface area contributed by atoms with Crippen molar-refractivity contribution < 1.29 is 27.4 Å². The second-order valence-electron chi connectivity index (χ2n) is 7.49. The summed E-state index contributed by atoms with van der Waals surface area (Å²) in [5.74, 6) is 0.446. The lowest BCUT2D eigenvalue weighted by Gasteiger charge is -2.33. The van der Waals surface area contributed by atoms with Gasteiger partial charge in [-0.1, -0.05) is 0 Å². The molecule has 1 fully saturated rings. The summed E-state index contributed by atoms with van der Waals surface area (Å²) in [5, 5.41) is 7.26. The average molecular weight is 467 g/mol. The zero-order chi connectivity index (χ0) is 22.7. The molecule has 0 atom stereocenters. The van der Waals surface area contributed by atoms with E-state index in [0.717, 1.165) is 36.6 Å². The van der Waals surface area contributed by atoms with Crippen LogP contribution in [0.1, 0.15) is 30.3 Å². The van der Waals surface area contributed by atoms with E-state index >= 15 is 0 Å². The second-order valence-corrected chi connectivity index (χ2v) is 8.71. The van der Waals surface area contributed by atoms with Gasteiger partial charge in [0.1, 0.15) is 18.1 Å². The van der Waals surface area contributed by atoms with E-state index in [9.17, 15) is 18.0 Å². The Hall–Kier alpha value is -3.02. The average Bonchev–Trinajstić information content (AvgIpc) is 3.18. The number of hydrogen-bond acceptors (Lipinski definition) is 7. The van der Waals surface area contributed by atoms with Crippen molar-refractivity contribution in [1.29, 1.82) is 0 Å². The Labute approximate surface area is 185 Å². The van der Waals surface area contributed by atoms with Crippen molar-refractivity contribution in [2.24, 2.45) is 0 Å². The number of amides is 1. The normalized spacial score (nSPS) is 15.7. The maximum Gasteiger partial charge on any atom is 0.272 e. The first-order chi connectivity index (χ1) is 15.3. The van der Waals surface area contributed by atoms with Gasteiger partial charge in [0.05, 0.1) is 12.4 Å². The Morgan fingerprint density at radius 2 is 2.12 bits per heavy atom. The van der Waals surface area contributed by atoms with Crippen molar-refractivity contribution in [3.8, 4) is 17.5 Å². The SMILES string of the molecule is CC1(NC(=O)c2cn3nc(Oc4ncc(F)cc4OCC(F)F)ccc3n2)CCSCC1. The van der Waals surface area contributed by atoms with Crippen LogP contribution in [0.5, 0.6) is 17.5 Å². The summed E-state index contributed by atoms with van der Waals surface area (Å²) in [6, 6.07) is 3.93. The van der Waals surface area contributed by atoms with E-state index in [0.29, 0.717) is 5.65 Å². The number of carbonyl (C=O) groups is 1. The predicted molar refractivity (Wildman–Crippen MR) is 111 cm³/mol. The molecule has 0 spiro atoms. The first-order valence-corrected chi connectivity index (χ1v) is 11.0. The molecule has 8 nitrogen and oxygen atoms in total. The van der Waals surface area contributed by atoms with E-state index in [4.69, 9.17) is 9.47 Å². The Kier molecular flexibility index (Phi) is 6.40. The van der Waals surface area contributed by atoms with Crippen LogP contribution >= 0.6 is 11.8 Å². The Morgan fingerprint density at radius 3 is 2.88 bits per heavy atom. The highest BCUT2D eigenvalue weighted by molar-refractivity contribution is 7.99. The number of aromatic nitrogens is 4. The molecule has 32 heavy (non-hydrogen) atoms. The zero-order valence-corrected chi connectivity index (χ0v) is 17.9. The Bertz CT molecular complexity index is 1120. The molecular weight excluding hydrogens is 447 g/mol. The number of thioether (sulfide) groups is 1. The van der Waals surface area contributed by atoms with Crippen LogP contribution < -0.4 is 14.8 Å². The molecule has 1 N–H and O–H groups in total. The smallest absolute Gasteiger partial charge is 0.272 e. The molecule has 0 aromatic carbocycles. The van der Waals surface area contributed by atoms with Crippen molar-refractivity contribution in [3.63, 3.8) is 0 Å². The molecule has 1 amide bonds. The molecule has 1 aliphatic heterocycles. The lowest BCUT2D eigenvalue weighted by molar-refractivity contribution is 0.0801. The van der Waals surface area contributed by atoms with Crippen molar-refractivity contribution >= 4 is 23.3 Å². The van der Waals surface area contributed by atoms with Crippen molar-refractivity contribution in [1.82, 2.24) is 24.9 Å². The Morgan fingerprint density at radius 1 is 1.34 bits per heavy atom. The summed E-state index contributed by atoms with van der Waals surface area (Å²) >= 11 is 1.87. The summed E-state index contributed by atoms with van der Waals surface area (Å²) in [4.78, 5) is 20.7. The zero-order valence-electron chi connectivity index (χ0n) is 17.1. The van der Waals surface area contributed by atoms with Crippen molar-refractivity contribution in [3.05, 3.63) is 42.1 Å². The first kappa shape index (κ1) is 22.2. The number of carbonyl (C=O) groups excluding carboxylic acids is 1. The second kappa shape index (κ2) is 9.23. The van der Waals surface area contributed by atoms with E-state index in [2.05, 4.69) is 20.4 Å². The lowest BCUT2D eigenvalue weighted by atomic mass is 9.95. The Balaban J connectivity index is 1.52. The summed E-state index contributed by atoms with van der Waals surface area (Å²) in [5.41, 5.74) is 0.339. The monoisotopic (exact) mass is 467 g/mol. The minimum Gasteiger partial charge on any atom is -0.482 e. The van der Waals surface area contributed by atoms with Gasteiger partial charge in [0.15, 0.2) is 11.4 Å².